The second-order valence-corrected chi connectivity index (χ2v) is 9.48. The fourth-order valence-corrected chi connectivity index (χ4v) is 4.28. The van der Waals surface area contributed by atoms with Gasteiger partial charge in [-0.15, -0.1) is 0 Å². The monoisotopic (exact) mass is 464 g/mol. The average Bonchev–Trinajstić information content (AvgIpc) is 3.30. The summed E-state index contributed by atoms with van der Waals surface area (Å²) in [7, 11) is 0. The van der Waals surface area contributed by atoms with E-state index in [0.29, 0.717) is 32.0 Å². The Morgan fingerprint density at radius 2 is 1.67 bits per heavy atom. The highest BCUT2D eigenvalue weighted by atomic mass is 19.4. The van der Waals surface area contributed by atoms with Crippen LogP contribution >= 0.6 is 0 Å². The van der Waals surface area contributed by atoms with Crippen LogP contribution in [0.4, 0.5) is 23.8 Å². The first-order chi connectivity index (χ1) is 15.5. The minimum Gasteiger partial charge on any atom is -0.459 e. The third kappa shape index (κ3) is 5.48. The van der Waals surface area contributed by atoms with Gasteiger partial charge < -0.3 is 19.3 Å². The number of benzene rings is 1. The number of nitrogens with zero attached hydrogens (tertiary/aromatic N) is 4. The molecule has 2 saturated heterocycles. The zero-order valence-electron chi connectivity index (χ0n) is 18.7. The molecular weight excluding hydrogens is 437 g/mol. The zero-order valence-corrected chi connectivity index (χ0v) is 18.7. The lowest BCUT2D eigenvalue weighted by Crippen LogP contribution is -2.37. The van der Waals surface area contributed by atoms with Gasteiger partial charge in [-0.1, -0.05) is 30.3 Å². The number of amides is 1. The average molecular weight is 464 g/mol. The van der Waals surface area contributed by atoms with E-state index in [4.69, 9.17) is 9.47 Å². The summed E-state index contributed by atoms with van der Waals surface area (Å²) < 4.78 is 51.6. The van der Waals surface area contributed by atoms with Crippen LogP contribution in [0.25, 0.3) is 0 Å². The Morgan fingerprint density at radius 1 is 1.03 bits per heavy atom. The maximum atomic E-state index is 13.6. The first-order valence-corrected chi connectivity index (χ1v) is 10.8. The van der Waals surface area contributed by atoms with Crippen molar-refractivity contribution >= 4 is 11.9 Å². The van der Waals surface area contributed by atoms with Crippen LogP contribution in [-0.2, 0) is 4.74 Å². The molecule has 178 valence electrons. The molecule has 0 spiro atoms. The molecule has 0 N–H and O–H groups in total. The van der Waals surface area contributed by atoms with Crippen LogP contribution in [-0.4, -0.2) is 58.9 Å². The lowest BCUT2D eigenvalue weighted by molar-refractivity contribution is -0.198. The van der Waals surface area contributed by atoms with E-state index < -0.39 is 17.9 Å². The lowest BCUT2D eigenvalue weighted by Gasteiger charge is -2.26. The number of carbonyl (C=O) groups excluding carboxylic acids is 1. The molecule has 2 aromatic rings. The van der Waals surface area contributed by atoms with Gasteiger partial charge in [0.15, 0.2) is 5.82 Å². The molecule has 33 heavy (non-hydrogen) atoms. The van der Waals surface area contributed by atoms with Gasteiger partial charge in [-0.2, -0.15) is 18.2 Å². The van der Waals surface area contributed by atoms with Gasteiger partial charge in [-0.25, -0.2) is 4.79 Å². The Kier molecular flexibility index (Phi) is 6.11. The highest BCUT2D eigenvalue weighted by molar-refractivity contribution is 5.68. The van der Waals surface area contributed by atoms with Crippen molar-refractivity contribution in [1.29, 1.82) is 0 Å². The predicted molar refractivity (Wildman–Crippen MR) is 115 cm³/mol. The number of rotatable bonds is 4. The Labute approximate surface area is 190 Å². The molecule has 3 atom stereocenters. The summed E-state index contributed by atoms with van der Waals surface area (Å²) in [6, 6.07) is 7.44. The van der Waals surface area contributed by atoms with E-state index in [1.165, 1.54) is 36.7 Å². The van der Waals surface area contributed by atoms with Gasteiger partial charge in [-0.3, -0.25) is 4.98 Å². The number of carbonyl (C=O) groups is 1. The highest BCUT2D eigenvalue weighted by Crippen LogP contribution is 2.37. The van der Waals surface area contributed by atoms with Crippen molar-refractivity contribution in [2.45, 2.75) is 38.7 Å². The molecule has 1 aromatic heterocycles. The molecule has 3 heterocycles. The van der Waals surface area contributed by atoms with Crippen molar-refractivity contribution in [1.82, 2.24) is 14.9 Å². The van der Waals surface area contributed by atoms with Gasteiger partial charge in [0.05, 0.1) is 12.4 Å². The fourth-order valence-electron chi connectivity index (χ4n) is 4.28. The fraction of sp³-hybridized carbons (Fsp3) is 0.522. The standard InChI is InChI=1S/C23H27F3N4O3/c1-22(2,3)33-21(31)30-13-16-11-29(12-17(16)14-30)18-9-27-10-19(28-18)32-20(23(24,25)26)15-7-5-4-6-8-15/h4-10,16-17,20H,11-14H2,1-3H3/t16-,17+,20?. The minimum atomic E-state index is -4.60. The molecule has 4 rings (SSSR count). The van der Waals surface area contributed by atoms with Gasteiger partial charge in [0.25, 0.3) is 0 Å². The molecular formula is C23H27F3N4O3. The maximum absolute atomic E-state index is 13.6. The van der Waals surface area contributed by atoms with E-state index >= 15 is 0 Å². The van der Waals surface area contributed by atoms with Crippen LogP contribution in [0.15, 0.2) is 42.7 Å². The Bertz CT molecular complexity index is 967. The molecule has 0 aliphatic carbocycles. The molecule has 0 radical (unpaired) electrons. The van der Waals surface area contributed by atoms with E-state index in [1.807, 2.05) is 25.7 Å². The molecule has 10 heteroatoms. The lowest BCUT2D eigenvalue weighted by atomic mass is 10.0. The van der Waals surface area contributed by atoms with Crippen molar-refractivity contribution in [2.24, 2.45) is 11.8 Å². The second-order valence-electron chi connectivity index (χ2n) is 9.48. The van der Waals surface area contributed by atoms with Crippen molar-refractivity contribution in [3.05, 3.63) is 48.3 Å². The molecule has 1 unspecified atom stereocenters. The van der Waals surface area contributed by atoms with E-state index in [-0.39, 0.29) is 29.4 Å². The first-order valence-electron chi connectivity index (χ1n) is 10.8. The van der Waals surface area contributed by atoms with Crippen molar-refractivity contribution in [3.8, 4) is 5.88 Å². The normalized spacial score (nSPS) is 21.6. The minimum absolute atomic E-state index is 0.00450. The predicted octanol–water partition coefficient (Wildman–Crippen LogP) is 4.46. The number of likely N-dealkylation sites (tertiary alicyclic amines) is 1. The molecule has 1 amide bonds. The Hall–Kier alpha value is -3.04. The number of anilines is 1. The van der Waals surface area contributed by atoms with Crippen LogP contribution in [0, 0.1) is 11.8 Å². The summed E-state index contributed by atoms with van der Waals surface area (Å²) in [5, 5.41) is 0. The second kappa shape index (κ2) is 8.72. The van der Waals surface area contributed by atoms with Gasteiger partial charge >= 0.3 is 12.3 Å². The number of hydrogen-bond donors (Lipinski definition) is 0. The van der Waals surface area contributed by atoms with Gasteiger partial charge in [0.1, 0.15) is 5.60 Å². The van der Waals surface area contributed by atoms with Gasteiger partial charge in [-0.05, 0) is 20.8 Å². The van der Waals surface area contributed by atoms with Crippen LogP contribution in [0.2, 0.25) is 0 Å². The summed E-state index contributed by atoms with van der Waals surface area (Å²) in [5.74, 6) is 0.734. The summed E-state index contributed by atoms with van der Waals surface area (Å²) in [4.78, 5) is 24.4. The number of aromatic nitrogens is 2. The third-order valence-electron chi connectivity index (χ3n) is 5.70. The van der Waals surface area contributed by atoms with Crippen LogP contribution in [0.5, 0.6) is 5.88 Å². The quantitative estimate of drug-likeness (QED) is 0.666. The van der Waals surface area contributed by atoms with Gasteiger partial charge in [0.2, 0.25) is 12.0 Å². The van der Waals surface area contributed by atoms with Crippen LogP contribution < -0.4 is 9.64 Å². The largest absolute Gasteiger partial charge is 0.459 e. The number of halogens is 3. The number of hydrogen-bond acceptors (Lipinski definition) is 6. The van der Waals surface area contributed by atoms with E-state index in [1.54, 1.807) is 11.0 Å². The molecule has 2 fully saturated rings. The molecule has 2 aliphatic rings. The summed E-state index contributed by atoms with van der Waals surface area (Å²) >= 11 is 0. The zero-order chi connectivity index (χ0) is 23.8. The molecule has 0 saturated carbocycles. The van der Waals surface area contributed by atoms with Crippen molar-refractivity contribution < 1.29 is 27.4 Å². The first kappa shape index (κ1) is 23.1. The maximum Gasteiger partial charge on any atom is 0.429 e. The topological polar surface area (TPSA) is 67.8 Å². The van der Waals surface area contributed by atoms with E-state index in [0.717, 1.165) is 0 Å². The SMILES string of the molecule is CC(C)(C)OC(=O)N1C[C@@H]2CN(c3cncc(OC(c4ccccc4)C(F)(F)F)n3)C[C@@H]2C1. The molecule has 1 aromatic carbocycles. The van der Waals surface area contributed by atoms with E-state index in [2.05, 4.69) is 9.97 Å². The van der Waals surface area contributed by atoms with E-state index in [9.17, 15) is 18.0 Å². The third-order valence-corrected chi connectivity index (χ3v) is 5.70. The molecule has 0 bridgehead atoms. The molecule has 7 nitrogen and oxygen atoms in total. The van der Waals surface area contributed by atoms with Crippen molar-refractivity contribution in [2.75, 3.05) is 31.1 Å². The number of fused-ring (bicyclic) bond motifs is 1. The summed E-state index contributed by atoms with van der Waals surface area (Å²) in [5.41, 5.74) is -0.555. The Balaban J connectivity index is 1.42. The van der Waals surface area contributed by atoms with Gasteiger partial charge in [0, 0.05) is 43.6 Å². The number of alkyl halides is 3. The smallest absolute Gasteiger partial charge is 0.429 e. The Morgan fingerprint density at radius 3 is 2.24 bits per heavy atom. The van der Waals surface area contributed by atoms with Crippen molar-refractivity contribution in [3.63, 3.8) is 0 Å². The molecule has 2 aliphatic heterocycles. The highest BCUT2D eigenvalue weighted by Gasteiger charge is 2.45. The van der Waals surface area contributed by atoms with Crippen LogP contribution in [0.1, 0.15) is 32.4 Å². The summed E-state index contributed by atoms with van der Waals surface area (Å²) in [6.45, 7) is 7.90. The van der Waals surface area contributed by atoms with Crippen LogP contribution in [0.3, 0.4) is 0 Å². The number of ether oxygens (including phenoxy) is 2. The summed E-state index contributed by atoms with van der Waals surface area (Å²) in [6.07, 6.45) is -4.35.